The van der Waals surface area contributed by atoms with Gasteiger partial charge in [0.05, 0.1) is 11.3 Å². The summed E-state index contributed by atoms with van der Waals surface area (Å²) < 4.78 is 4.98. The number of ether oxygens (including phenoxy) is 1. The number of aliphatic hydroxyl groups is 1. The molecule has 0 bridgehead atoms. The first-order valence-electron chi connectivity index (χ1n) is 7.14. The van der Waals surface area contributed by atoms with Gasteiger partial charge in [-0.05, 0) is 13.3 Å². The molecule has 0 aliphatic heterocycles. The summed E-state index contributed by atoms with van der Waals surface area (Å²) in [4.78, 5) is 7.53. The van der Waals surface area contributed by atoms with Crippen LogP contribution in [-0.2, 0) is 17.7 Å². The quantitative estimate of drug-likeness (QED) is 0.620. The van der Waals surface area contributed by atoms with Gasteiger partial charge in [0.1, 0.15) is 5.82 Å². The number of hydrogen-bond acceptors (Lipinski definition) is 4. The van der Waals surface area contributed by atoms with Crippen molar-refractivity contribution in [2.45, 2.75) is 51.7 Å². The van der Waals surface area contributed by atoms with Gasteiger partial charge in [-0.2, -0.15) is 0 Å². The highest BCUT2D eigenvalue weighted by Gasteiger charge is 2.19. The van der Waals surface area contributed by atoms with Gasteiger partial charge in [-0.3, -0.25) is 0 Å². The fourth-order valence-corrected chi connectivity index (χ4v) is 2.10. The maximum Gasteiger partial charge on any atom is 0.151 e. The van der Waals surface area contributed by atoms with Crippen LogP contribution in [-0.4, -0.2) is 40.9 Å². The molecule has 0 saturated heterocycles. The summed E-state index contributed by atoms with van der Waals surface area (Å²) in [6.45, 7) is 5.53. The van der Waals surface area contributed by atoms with Crippen LogP contribution in [0.5, 0.6) is 0 Å². The zero-order chi connectivity index (χ0) is 15.0. The van der Waals surface area contributed by atoms with Crippen molar-refractivity contribution in [1.82, 2.24) is 15.3 Å². The van der Waals surface area contributed by atoms with Crippen molar-refractivity contribution in [3.8, 4) is 0 Å². The van der Waals surface area contributed by atoms with E-state index in [9.17, 15) is 5.11 Å². The highest BCUT2D eigenvalue weighted by molar-refractivity contribution is 6.30. The summed E-state index contributed by atoms with van der Waals surface area (Å²) >= 11 is 6.09. The Bertz CT molecular complexity index is 394. The van der Waals surface area contributed by atoms with Gasteiger partial charge in [0.25, 0.3) is 0 Å². The van der Waals surface area contributed by atoms with Gasteiger partial charge in [0.2, 0.25) is 0 Å². The Morgan fingerprint density at radius 3 is 2.90 bits per heavy atom. The van der Waals surface area contributed by atoms with E-state index in [-0.39, 0.29) is 0 Å². The maximum absolute atomic E-state index is 10.1. The van der Waals surface area contributed by atoms with Gasteiger partial charge in [0.15, 0.2) is 5.15 Å². The molecule has 0 amide bonds. The lowest BCUT2D eigenvalue weighted by atomic mass is 10.0. The molecule has 0 saturated carbocycles. The second-order valence-electron chi connectivity index (χ2n) is 5.40. The lowest BCUT2D eigenvalue weighted by Crippen LogP contribution is -2.38. The molecule has 1 aromatic heterocycles. The molecule has 6 heteroatoms. The number of H-pyrrole nitrogens is 1. The number of imidazole rings is 1. The molecule has 0 spiro atoms. The smallest absolute Gasteiger partial charge is 0.151 e. The lowest BCUT2D eigenvalue weighted by molar-refractivity contribution is 0.0247. The predicted molar refractivity (Wildman–Crippen MR) is 81.0 cm³/mol. The molecule has 1 rings (SSSR count). The van der Waals surface area contributed by atoms with Crippen LogP contribution < -0.4 is 5.32 Å². The van der Waals surface area contributed by atoms with Crippen molar-refractivity contribution in [1.29, 1.82) is 0 Å². The fourth-order valence-electron chi connectivity index (χ4n) is 1.89. The Hall–Kier alpha value is -0.620. The zero-order valence-electron chi connectivity index (χ0n) is 12.6. The fraction of sp³-hybridized carbons (Fsp3) is 0.786. The second kappa shape index (κ2) is 8.62. The lowest BCUT2D eigenvalue weighted by Gasteiger charge is -2.23. The number of rotatable bonds is 10. The molecule has 1 unspecified atom stereocenters. The average Bonchev–Trinajstić information content (AvgIpc) is 2.75. The molecule has 1 atom stereocenters. The number of unbranched alkanes of at least 4 members (excludes halogenated alkanes) is 1. The second-order valence-corrected chi connectivity index (χ2v) is 5.76. The van der Waals surface area contributed by atoms with Crippen LogP contribution in [0.4, 0.5) is 0 Å². The SMILES string of the molecule is CCCCc1nc(Cl)c(CNCC(C)(O)CCOC)[nH]1. The van der Waals surface area contributed by atoms with Crippen molar-refractivity contribution in [3.63, 3.8) is 0 Å². The van der Waals surface area contributed by atoms with Gasteiger partial charge in [-0.15, -0.1) is 0 Å². The monoisotopic (exact) mass is 303 g/mol. The summed E-state index contributed by atoms with van der Waals surface area (Å²) in [5, 5.41) is 13.8. The number of aryl methyl sites for hydroxylation is 1. The molecule has 1 aromatic rings. The number of nitrogens with zero attached hydrogens (tertiary/aromatic N) is 1. The third-order valence-corrected chi connectivity index (χ3v) is 3.51. The molecule has 0 aliphatic carbocycles. The van der Waals surface area contributed by atoms with Crippen LogP contribution in [0.25, 0.3) is 0 Å². The number of methoxy groups -OCH3 is 1. The third kappa shape index (κ3) is 6.22. The van der Waals surface area contributed by atoms with Crippen molar-refractivity contribution >= 4 is 11.6 Å². The van der Waals surface area contributed by atoms with Gasteiger partial charge >= 0.3 is 0 Å². The van der Waals surface area contributed by atoms with Crippen molar-refractivity contribution in [3.05, 3.63) is 16.7 Å². The summed E-state index contributed by atoms with van der Waals surface area (Å²) in [5.41, 5.74) is 0.0911. The summed E-state index contributed by atoms with van der Waals surface area (Å²) in [6.07, 6.45) is 3.74. The minimum absolute atomic E-state index is 0.482. The number of hydrogen-bond donors (Lipinski definition) is 3. The minimum atomic E-state index is -0.784. The van der Waals surface area contributed by atoms with E-state index in [2.05, 4.69) is 22.2 Å². The maximum atomic E-state index is 10.1. The molecule has 5 nitrogen and oxygen atoms in total. The number of aromatic amines is 1. The third-order valence-electron chi connectivity index (χ3n) is 3.20. The van der Waals surface area contributed by atoms with Gasteiger partial charge in [0, 0.05) is 39.6 Å². The van der Waals surface area contributed by atoms with Crippen molar-refractivity contribution in [2.75, 3.05) is 20.3 Å². The molecule has 0 radical (unpaired) electrons. The highest BCUT2D eigenvalue weighted by Crippen LogP contribution is 2.14. The first kappa shape index (κ1) is 17.4. The van der Waals surface area contributed by atoms with Crippen LogP contribution in [0.1, 0.15) is 44.6 Å². The average molecular weight is 304 g/mol. The Morgan fingerprint density at radius 1 is 1.50 bits per heavy atom. The Kier molecular flexibility index (Phi) is 7.51. The Labute approximate surface area is 126 Å². The van der Waals surface area contributed by atoms with E-state index in [1.54, 1.807) is 14.0 Å². The van der Waals surface area contributed by atoms with E-state index in [0.29, 0.717) is 31.3 Å². The molecule has 0 fully saturated rings. The Balaban J connectivity index is 2.39. The molecule has 1 heterocycles. The number of nitrogens with one attached hydrogen (secondary N) is 2. The van der Waals surface area contributed by atoms with Crippen LogP contribution in [0.2, 0.25) is 5.15 Å². The number of halogens is 1. The normalized spacial score (nSPS) is 14.4. The van der Waals surface area contributed by atoms with Crippen molar-refractivity contribution < 1.29 is 9.84 Å². The van der Waals surface area contributed by atoms with Gasteiger partial charge in [-0.1, -0.05) is 24.9 Å². The van der Waals surface area contributed by atoms with Crippen LogP contribution >= 0.6 is 11.6 Å². The summed E-state index contributed by atoms with van der Waals surface area (Å²) in [6, 6.07) is 0. The van der Waals surface area contributed by atoms with E-state index in [1.165, 1.54) is 0 Å². The minimum Gasteiger partial charge on any atom is -0.389 e. The molecular weight excluding hydrogens is 278 g/mol. The topological polar surface area (TPSA) is 70.2 Å². The highest BCUT2D eigenvalue weighted by atomic mass is 35.5. The van der Waals surface area contributed by atoms with Crippen LogP contribution in [0, 0.1) is 0 Å². The largest absolute Gasteiger partial charge is 0.389 e. The van der Waals surface area contributed by atoms with Gasteiger partial charge < -0.3 is 20.1 Å². The van der Waals surface area contributed by atoms with E-state index >= 15 is 0 Å². The zero-order valence-corrected chi connectivity index (χ0v) is 13.4. The predicted octanol–water partition coefficient (Wildman–Crippen LogP) is 2.28. The molecule has 0 aliphatic rings. The van der Waals surface area contributed by atoms with E-state index in [4.69, 9.17) is 16.3 Å². The van der Waals surface area contributed by atoms with Crippen molar-refractivity contribution in [2.24, 2.45) is 0 Å². The van der Waals surface area contributed by atoms with Crippen LogP contribution in [0.3, 0.4) is 0 Å². The molecule has 3 N–H and O–H groups in total. The standard InChI is InChI=1S/C14H26ClN3O2/c1-4-5-6-12-17-11(13(15)18-12)9-16-10-14(2,19)7-8-20-3/h16,19H,4-10H2,1-3H3,(H,17,18). The van der Waals surface area contributed by atoms with Crippen LogP contribution in [0.15, 0.2) is 0 Å². The molecule has 20 heavy (non-hydrogen) atoms. The van der Waals surface area contributed by atoms with E-state index < -0.39 is 5.60 Å². The Morgan fingerprint density at radius 2 is 2.25 bits per heavy atom. The molecule has 116 valence electrons. The first-order valence-corrected chi connectivity index (χ1v) is 7.51. The summed E-state index contributed by atoms with van der Waals surface area (Å²) in [5.74, 6) is 0.930. The van der Waals surface area contributed by atoms with E-state index in [0.717, 1.165) is 30.8 Å². The number of aromatic nitrogens is 2. The summed E-state index contributed by atoms with van der Waals surface area (Å²) in [7, 11) is 1.63. The van der Waals surface area contributed by atoms with E-state index in [1.807, 2.05) is 0 Å². The van der Waals surface area contributed by atoms with Gasteiger partial charge in [-0.25, -0.2) is 4.98 Å². The first-order chi connectivity index (χ1) is 9.48. The molecular formula is C14H26ClN3O2. The molecule has 0 aromatic carbocycles.